The fourth-order valence-electron chi connectivity index (χ4n) is 5.09. The highest BCUT2D eigenvalue weighted by Crippen LogP contribution is 2.33. The van der Waals surface area contributed by atoms with E-state index in [-0.39, 0.29) is 5.91 Å². The summed E-state index contributed by atoms with van der Waals surface area (Å²) < 4.78 is 7.66. The van der Waals surface area contributed by atoms with Gasteiger partial charge in [0.2, 0.25) is 0 Å². The molecule has 0 unspecified atom stereocenters. The molecule has 1 saturated heterocycles. The largest absolute Gasteiger partial charge is 0.378 e. The number of carbonyl (C=O) groups is 1. The standard InChI is InChI=1S/C27H26N4O2/c1-30-24-9-10-28-27(32)25(24)22-8-6-19-17-29-20(16-23(19)26(22)30)7-5-18-3-2-4-21(15-18)31-11-13-33-14-12-31/h2-8,15-17H,9-14H2,1H3,(H,28,32)/b7-5+. The second-order valence-electron chi connectivity index (χ2n) is 8.71. The number of ether oxygens (including phenoxy) is 1. The molecule has 6 nitrogen and oxygen atoms in total. The van der Waals surface area contributed by atoms with Crippen molar-refractivity contribution in [1.82, 2.24) is 14.9 Å². The molecule has 1 fully saturated rings. The summed E-state index contributed by atoms with van der Waals surface area (Å²) in [4.78, 5) is 19.6. The fourth-order valence-corrected chi connectivity index (χ4v) is 5.09. The number of rotatable bonds is 3. The molecule has 2 aromatic carbocycles. The van der Waals surface area contributed by atoms with E-state index in [9.17, 15) is 4.79 Å². The Morgan fingerprint density at radius 1 is 1.06 bits per heavy atom. The van der Waals surface area contributed by atoms with Crippen LogP contribution in [0.5, 0.6) is 0 Å². The van der Waals surface area contributed by atoms with Crippen LogP contribution in [0.4, 0.5) is 5.69 Å². The van der Waals surface area contributed by atoms with Crippen LogP contribution in [-0.2, 0) is 18.2 Å². The summed E-state index contributed by atoms with van der Waals surface area (Å²) in [6.45, 7) is 4.09. The molecule has 2 aliphatic rings. The van der Waals surface area contributed by atoms with Crippen molar-refractivity contribution in [2.75, 3.05) is 37.7 Å². The Morgan fingerprint density at radius 3 is 2.82 bits per heavy atom. The van der Waals surface area contributed by atoms with Crippen LogP contribution in [0.25, 0.3) is 33.8 Å². The first-order chi connectivity index (χ1) is 16.2. The number of pyridine rings is 1. The van der Waals surface area contributed by atoms with Crippen molar-refractivity contribution in [3.8, 4) is 0 Å². The number of fused-ring (bicyclic) bond motifs is 5. The quantitative estimate of drug-likeness (QED) is 0.525. The number of benzene rings is 2. The third-order valence-corrected chi connectivity index (χ3v) is 6.76. The van der Waals surface area contributed by atoms with Gasteiger partial charge in [0.15, 0.2) is 0 Å². The summed E-state index contributed by atoms with van der Waals surface area (Å²) in [7, 11) is 2.06. The minimum atomic E-state index is 0.0236. The number of morpholine rings is 1. The lowest BCUT2D eigenvalue weighted by molar-refractivity contribution is 0.0947. The van der Waals surface area contributed by atoms with Gasteiger partial charge in [0.1, 0.15) is 0 Å². The van der Waals surface area contributed by atoms with E-state index in [2.05, 4.69) is 81.4 Å². The second kappa shape index (κ2) is 8.05. The van der Waals surface area contributed by atoms with Crippen molar-refractivity contribution >= 4 is 45.4 Å². The Balaban J connectivity index is 1.38. The molecule has 6 heteroatoms. The molecule has 0 atom stereocenters. The Morgan fingerprint density at radius 2 is 1.94 bits per heavy atom. The summed E-state index contributed by atoms with van der Waals surface area (Å²) in [5, 5.41) is 6.19. The molecular formula is C27H26N4O2. The normalized spacial score (nSPS) is 16.5. The number of amides is 1. The predicted octanol–water partition coefficient (Wildman–Crippen LogP) is 4.02. The Kier molecular flexibility index (Phi) is 4.88. The van der Waals surface area contributed by atoms with Crippen LogP contribution >= 0.6 is 0 Å². The van der Waals surface area contributed by atoms with E-state index in [0.717, 1.165) is 76.9 Å². The number of aromatic nitrogens is 2. The molecule has 166 valence electrons. The van der Waals surface area contributed by atoms with Gasteiger partial charge < -0.3 is 19.5 Å². The van der Waals surface area contributed by atoms with E-state index < -0.39 is 0 Å². The smallest absolute Gasteiger partial charge is 0.253 e. The molecule has 0 radical (unpaired) electrons. The maximum atomic E-state index is 12.6. The van der Waals surface area contributed by atoms with Crippen LogP contribution in [0.1, 0.15) is 27.3 Å². The zero-order valence-corrected chi connectivity index (χ0v) is 18.7. The molecule has 2 aliphatic heterocycles. The van der Waals surface area contributed by atoms with Crippen molar-refractivity contribution in [3.63, 3.8) is 0 Å². The van der Waals surface area contributed by atoms with E-state index in [0.29, 0.717) is 6.54 Å². The van der Waals surface area contributed by atoms with Crippen LogP contribution in [0.3, 0.4) is 0 Å². The Bertz CT molecular complexity index is 1410. The van der Waals surface area contributed by atoms with E-state index in [1.165, 1.54) is 5.69 Å². The van der Waals surface area contributed by atoms with Gasteiger partial charge in [-0.2, -0.15) is 0 Å². The monoisotopic (exact) mass is 438 g/mol. The van der Waals surface area contributed by atoms with Gasteiger partial charge in [-0.15, -0.1) is 0 Å². The summed E-state index contributed by atoms with van der Waals surface area (Å²) in [6, 6.07) is 14.8. The third kappa shape index (κ3) is 3.47. The number of aryl methyl sites for hydroxylation is 1. The molecule has 1 N–H and O–H groups in total. The van der Waals surface area contributed by atoms with Crippen molar-refractivity contribution in [2.45, 2.75) is 6.42 Å². The predicted molar refractivity (Wildman–Crippen MR) is 133 cm³/mol. The van der Waals surface area contributed by atoms with Gasteiger partial charge in [-0.3, -0.25) is 9.78 Å². The molecule has 0 saturated carbocycles. The lowest BCUT2D eigenvalue weighted by Gasteiger charge is -2.29. The van der Waals surface area contributed by atoms with Gasteiger partial charge >= 0.3 is 0 Å². The van der Waals surface area contributed by atoms with Gasteiger partial charge in [0.25, 0.3) is 5.91 Å². The second-order valence-corrected chi connectivity index (χ2v) is 8.71. The number of carbonyl (C=O) groups excluding carboxylic acids is 1. The van der Waals surface area contributed by atoms with Crippen LogP contribution in [0.15, 0.2) is 48.7 Å². The summed E-state index contributed by atoms with van der Waals surface area (Å²) in [5.74, 6) is 0.0236. The molecule has 0 bridgehead atoms. The molecule has 0 aliphatic carbocycles. The van der Waals surface area contributed by atoms with Crippen molar-refractivity contribution in [1.29, 1.82) is 0 Å². The number of hydrogen-bond acceptors (Lipinski definition) is 4. The van der Waals surface area contributed by atoms with Crippen LogP contribution in [0.2, 0.25) is 0 Å². The summed E-state index contributed by atoms with van der Waals surface area (Å²) in [5.41, 5.74) is 6.28. The van der Waals surface area contributed by atoms with E-state index >= 15 is 0 Å². The first kappa shape index (κ1) is 20.0. The van der Waals surface area contributed by atoms with E-state index in [1.807, 2.05) is 6.20 Å². The molecular weight excluding hydrogens is 412 g/mol. The Labute approximate surface area is 192 Å². The maximum absolute atomic E-state index is 12.6. The molecule has 1 amide bonds. The average molecular weight is 439 g/mol. The van der Waals surface area contributed by atoms with Crippen molar-refractivity contribution in [2.24, 2.45) is 7.05 Å². The number of anilines is 1. The highest BCUT2D eigenvalue weighted by atomic mass is 16.5. The molecule has 2 aromatic heterocycles. The molecule has 33 heavy (non-hydrogen) atoms. The van der Waals surface area contributed by atoms with Crippen LogP contribution < -0.4 is 10.2 Å². The highest BCUT2D eigenvalue weighted by molar-refractivity contribution is 6.16. The van der Waals surface area contributed by atoms with Crippen molar-refractivity contribution < 1.29 is 9.53 Å². The van der Waals surface area contributed by atoms with Gasteiger partial charge in [-0.1, -0.05) is 30.3 Å². The number of nitrogens with zero attached hydrogens (tertiary/aromatic N) is 3. The average Bonchev–Trinajstić information content (AvgIpc) is 3.17. The number of hydrogen-bond donors (Lipinski definition) is 1. The first-order valence-corrected chi connectivity index (χ1v) is 11.5. The lowest BCUT2D eigenvalue weighted by atomic mass is 10.0. The van der Waals surface area contributed by atoms with Gasteiger partial charge in [0, 0.05) is 66.8 Å². The zero-order chi connectivity index (χ0) is 22.4. The van der Waals surface area contributed by atoms with Crippen LogP contribution in [0, 0.1) is 0 Å². The van der Waals surface area contributed by atoms with Gasteiger partial charge in [-0.05, 0) is 29.8 Å². The fraction of sp³-hybridized carbons (Fsp3) is 0.259. The molecule has 6 rings (SSSR count). The van der Waals surface area contributed by atoms with Gasteiger partial charge in [0.05, 0.1) is 30.0 Å². The first-order valence-electron chi connectivity index (χ1n) is 11.5. The van der Waals surface area contributed by atoms with E-state index in [1.54, 1.807) is 0 Å². The van der Waals surface area contributed by atoms with Crippen LogP contribution in [-0.4, -0.2) is 48.3 Å². The highest BCUT2D eigenvalue weighted by Gasteiger charge is 2.25. The molecule has 0 spiro atoms. The van der Waals surface area contributed by atoms with E-state index in [4.69, 9.17) is 4.74 Å². The molecule has 4 aromatic rings. The lowest BCUT2D eigenvalue weighted by Crippen LogP contribution is -2.36. The SMILES string of the molecule is Cn1c2c(c3ccc4cnc(/C=C/c5cccc(N6CCOCC6)c5)cc4c31)C(=O)NCC2. The topological polar surface area (TPSA) is 59.4 Å². The minimum absolute atomic E-state index is 0.0236. The summed E-state index contributed by atoms with van der Waals surface area (Å²) >= 11 is 0. The maximum Gasteiger partial charge on any atom is 0.253 e. The van der Waals surface area contributed by atoms with Gasteiger partial charge in [-0.25, -0.2) is 0 Å². The number of nitrogens with one attached hydrogen (secondary N) is 1. The molecule has 4 heterocycles. The zero-order valence-electron chi connectivity index (χ0n) is 18.7. The Hall–Kier alpha value is -3.64. The third-order valence-electron chi connectivity index (χ3n) is 6.76. The summed E-state index contributed by atoms with van der Waals surface area (Å²) in [6.07, 6.45) is 6.95. The minimum Gasteiger partial charge on any atom is -0.378 e. The van der Waals surface area contributed by atoms with Crippen molar-refractivity contribution in [3.05, 3.63) is 71.2 Å².